The number of hydrogen-bond donors (Lipinski definition) is 0. The van der Waals surface area contributed by atoms with Crippen LogP contribution >= 0.6 is 11.3 Å². The standard InChI is InChI=1S/C21H36N4S/c1-23(2)20-22-13-19(26-20)15-25-12-10-21(17-25)9-6-11-24(16-21)14-18-7-4-3-5-8-18/h13,18H,3-12,14-17H2,1-2H3/t21-/m1/s1. The van der Waals surface area contributed by atoms with Gasteiger partial charge in [-0.1, -0.05) is 19.3 Å². The smallest absolute Gasteiger partial charge is 0.185 e. The normalized spacial score (nSPS) is 28.8. The molecule has 3 fully saturated rings. The molecule has 1 saturated carbocycles. The van der Waals surface area contributed by atoms with Crippen LogP contribution in [-0.2, 0) is 6.54 Å². The molecule has 0 amide bonds. The van der Waals surface area contributed by atoms with E-state index in [0.717, 1.165) is 17.6 Å². The van der Waals surface area contributed by atoms with Gasteiger partial charge in [-0.2, -0.15) is 0 Å². The monoisotopic (exact) mass is 376 g/mol. The lowest BCUT2D eigenvalue weighted by molar-refractivity contribution is 0.0738. The van der Waals surface area contributed by atoms with Crippen molar-refractivity contribution >= 4 is 16.5 Å². The van der Waals surface area contributed by atoms with E-state index in [2.05, 4.69) is 40.0 Å². The first-order chi connectivity index (χ1) is 12.6. The number of hydrogen-bond acceptors (Lipinski definition) is 5. The Kier molecular flexibility index (Phi) is 5.87. The number of nitrogens with zero attached hydrogens (tertiary/aromatic N) is 4. The Morgan fingerprint density at radius 3 is 2.65 bits per heavy atom. The van der Waals surface area contributed by atoms with Crippen LogP contribution in [0.25, 0.3) is 0 Å². The Hall–Kier alpha value is -0.650. The van der Waals surface area contributed by atoms with Crippen LogP contribution in [0.4, 0.5) is 5.13 Å². The van der Waals surface area contributed by atoms with Crippen LogP contribution in [0.3, 0.4) is 0 Å². The van der Waals surface area contributed by atoms with E-state index in [1.54, 1.807) is 0 Å². The zero-order chi connectivity index (χ0) is 18.0. The van der Waals surface area contributed by atoms with Crippen molar-refractivity contribution in [3.8, 4) is 0 Å². The van der Waals surface area contributed by atoms with Crippen LogP contribution in [0.5, 0.6) is 0 Å². The molecule has 1 atom stereocenters. The lowest BCUT2D eigenvalue weighted by Crippen LogP contribution is -2.46. The SMILES string of the molecule is CN(C)c1ncc(CN2CC[C@@]3(CCCN(CC4CCCCC4)C3)C2)s1. The second-order valence-electron chi connectivity index (χ2n) is 9.31. The summed E-state index contributed by atoms with van der Waals surface area (Å²) in [4.78, 5) is 13.6. The summed E-state index contributed by atoms with van der Waals surface area (Å²) in [6.07, 6.45) is 13.7. The van der Waals surface area contributed by atoms with Crippen molar-refractivity contribution in [2.75, 3.05) is 51.7 Å². The van der Waals surface area contributed by atoms with Gasteiger partial charge in [-0.25, -0.2) is 4.98 Å². The summed E-state index contributed by atoms with van der Waals surface area (Å²) in [5.41, 5.74) is 0.571. The number of rotatable bonds is 5. The number of aromatic nitrogens is 1. The van der Waals surface area contributed by atoms with Crippen LogP contribution in [-0.4, -0.2) is 61.6 Å². The predicted molar refractivity (Wildman–Crippen MR) is 111 cm³/mol. The first kappa shape index (κ1) is 18.7. The highest BCUT2D eigenvalue weighted by Gasteiger charge is 2.41. The van der Waals surface area contributed by atoms with Crippen molar-refractivity contribution in [1.29, 1.82) is 0 Å². The molecule has 1 spiro atoms. The first-order valence-electron chi connectivity index (χ1n) is 10.7. The van der Waals surface area contributed by atoms with Crippen molar-refractivity contribution < 1.29 is 0 Å². The highest BCUT2D eigenvalue weighted by molar-refractivity contribution is 7.15. The maximum Gasteiger partial charge on any atom is 0.185 e. The van der Waals surface area contributed by atoms with Crippen LogP contribution in [0, 0.1) is 11.3 Å². The highest BCUT2D eigenvalue weighted by atomic mass is 32.1. The molecule has 1 aliphatic carbocycles. The molecule has 0 radical (unpaired) electrons. The first-order valence-corrected chi connectivity index (χ1v) is 11.5. The van der Waals surface area contributed by atoms with Gasteiger partial charge in [0, 0.05) is 51.3 Å². The van der Waals surface area contributed by atoms with Crippen molar-refractivity contribution in [3.63, 3.8) is 0 Å². The third-order valence-electron chi connectivity index (χ3n) is 6.80. The zero-order valence-corrected chi connectivity index (χ0v) is 17.6. The maximum absolute atomic E-state index is 4.55. The van der Waals surface area contributed by atoms with Gasteiger partial charge in [0.15, 0.2) is 5.13 Å². The number of likely N-dealkylation sites (tertiary alicyclic amines) is 2. The number of thiazole rings is 1. The maximum atomic E-state index is 4.55. The molecule has 5 heteroatoms. The molecule has 0 N–H and O–H groups in total. The van der Waals surface area contributed by atoms with Crippen molar-refractivity contribution in [3.05, 3.63) is 11.1 Å². The van der Waals surface area contributed by atoms with E-state index in [-0.39, 0.29) is 0 Å². The Morgan fingerprint density at radius 1 is 1.08 bits per heavy atom. The van der Waals surface area contributed by atoms with Gasteiger partial charge < -0.3 is 9.80 Å². The molecule has 3 heterocycles. The van der Waals surface area contributed by atoms with Gasteiger partial charge in [-0.15, -0.1) is 11.3 Å². The van der Waals surface area contributed by atoms with E-state index >= 15 is 0 Å². The van der Waals surface area contributed by atoms with Crippen molar-refractivity contribution in [2.24, 2.45) is 11.3 Å². The highest BCUT2D eigenvalue weighted by Crippen LogP contribution is 2.40. The molecule has 0 bridgehead atoms. The quantitative estimate of drug-likeness (QED) is 0.772. The van der Waals surface area contributed by atoms with Gasteiger partial charge in [0.2, 0.25) is 0 Å². The fourth-order valence-corrected chi connectivity index (χ4v) is 6.37. The number of piperidine rings is 1. The minimum Gasteiger partial charge on any atom is -0.354 e. The molecule has 4 nitrogen and oxygen atoms in total. The topological polar surface area (TPSA) is 22.6 Å². The Bertz CT molecular complexity index is 580. The molecule has 0 unspecified atom stereocenters. The van der Waals surface area contributed by atoms with Gasteiger partial charge in [0.25, 0.3) is 0 Å². The van der Waals surface area contributed by atoms with Gasteiger partial charge in [-0.05, 0) is 56.5 Å². The second kappa shape index (κ2) is 8.15. The molecule has 0 aromatic carbocycles. The average molecular weight is 377 g/mol. The van der Waals surface area contributed by atoms with Gasteiger partial charge >= 0.3 is 0 Å². The lowest BCUT2D eigenvalue weighted by Gasteiger charge is -2.42. The fraction of sp³-hybridized carbons (Fsp3) is 0.857. The van der Waals surface area contributed by atoms with Gasteiger partial charge in [0.05, 0.1) is 0 Å². The van der Waals surface area contributed by atoms with E-state index in [4.69, 9.17) is 0 Å². The summed E-state index contributed by atoms with van der Waals surface area (Å²) in [7, 11) is 4.16. The minimum absolute atomic E-state index is 0.571. The van der Waals surface area contributed by atoms with Crippen LogP contribution < -0.4 is 4.90 Å². The predicted octanol–water partition coefficient (Wildman–Crippen LogP) is 4.08. The fourth-order valence-electron chi connectivity index (χ4n) is 5.49. The molecule has 146 valence electrons. The third-order valence-corrected chi connectivity index (χ3v) is 7.95. The zero-order valence-electron chi connectivity index (χ0n) is 16.8. The Labute approximate surface area is 163 Å². The molecule has 26 heavy (non-hydrogen) atoms. The summed E-state index contributed by atoms with van der Waals surface area (Å²) >= 11 is 1.85. The van der Waals surface area contributed by atoms with Crippen molar-refractivity contribution in [1.82, 2.24) is 14.8 Å². The third kappa shape index (κ3) is 4.42. The average Bonchev–Trinajstić information content (AvgIpc) is 3.24. The second-order valence-corrected chi connectivity index (χ2v) is 10.4. The summed E-state index contributed by atoms with van der Waals surface area (Å²) < 4.78 is 0. The van der Waals surface area contributed by atoms with E-state index in [1.807, 2.05) is 11.3 Å². The number of anilines is 1. The molecular weight excluding hydrogens is 340 g/mol. The molecule has 1 aromatic rings. The summed E-state index contributed by atoms with van der Waals surface area (Å²) in [6, 6.07) is 0. The summed E-state index contributed by atoms with van der Waals surface area (Å²) in [5.74, 6) is 0.984. The van der Waals surface area contributed by atoms with Crippen LogP contribution in [0.15, 0.2) is 6.20 Å². The Morgan fingerprint density at radius 2 is 1.88 bits per heavy atom. The van der Waals surface area contributed by atoms with E-state index in [9.17, 15) is 0 Å². The minimum atomic E-state index is 0.571. The van der Waals surface area contributed by atoms with Crippen LogP contribution in [0.2, 0.25) is 0 Å². The van der Waals surface area contributed by atoms with E-state index < -0.39 is 0 Å². The molecular formula is C21H36N4S. The molecule has 2 aliphatic heterocycles. The lowest BCUT2D eigenvalue weighted by atomic mass is 9.78. The summed E-state index contributed by atoms with van der Waals surface area (Å²) in [5, 5.41) is 1.13. The van der Waals surface area contributed by atoms with Crippen molar-refractivity contribution in [2.45, 2.75) is 57.9 Å². The van der Waals surface area contributed by atoms with E-state index in [0.29, 0.717) is 5.41 Å². The largest absolute Gasteiger partial charge is 0.354 e. The van der Waals surface area contributed by atoms with Crippen LogP contribution in [0.1, 0.15) is 56.2 Å². The molecule has 4 rings (SSSR count). The Balaban J connectivity index is 1.30. The summed E-state index contributed by atoms with van der Waals surface area (Å²) in [6.45, 7) is 7.74. The molecule has 1 aromatic heterocycles. The molecule has 3 aliphatic rings. The van der Waals surface area contributed by atoms with Gasteiger partial charge in [-0.3, -0.25) is 4.90 Å². The van der Waals surface area contributed by atoms with E-state index in [1.165, 1.54) is 89.0 Å². The van der Waals surface area contributed by atoms with Gasteiger partial charge in [0.1, 0.15) is 0 Å². The molecule has 2 saturated heterocycles.